The molecule has 1 atom stereocenters. The van der Waals surface area contributed by atoms with Crippen LogP contribution in [-0.2, 0) is 11.3 Å². The van der Waals surface area contributed by atoms with Crippen molar-refractivity contribution < 1.29 is 9.53 Å². The Morgan fingerprint density at radius 2 is 2.12 bits per heavy atom. The van der Waals surface area contributed by atoms with E-state index in [4.69, 9.17) is 4.74 Å². The zero-order valence-corrected chi connectivity index (χ0v) is 14.3. The molecule has 1 amide bonds. The maximum atomic E-state index is 12.3. The normalized spacial score (nSPS) is 17.2. The van der Waals surface area contributed by atoms with Crippen molar-refractivity contribution in [3.8, 4) is 0 Å². The predicted octanol–water partition coefficient (Wildman–Crippen LogP) is 3.93. The Morgan fingerprint density at radius 1 is 1.28 bits per heavy atom. The van der Waals surface area contributed by atoms with E-state index in [0.717, 1.165) is 28.6 Å². The minimum Gasteiger partial charge on any atom is -0.445 e. The van der Waals surface area contributed by atoms with Gasteiger partial charge >= 0.3 is 6.09 Å². The molecule has 3 aromatic rings. The number of benzene rings is 1. The second-order valence-corrected chi connectivity index (χ2v) is 6.58. The highest BCUT2D eigenvalue weighted by molar-refractivity contribution is 5.77. The van der Waals surface area contributed by atoms with Crippen LogP contribution in [0.25, 0.3) is 11.0 Å². The molecule has 1 saturated heterocycles. The zero-order valence-electron chi connectivity index (χ0n) is 14.3. The van der Waals surface area contributed by atoms with Crippen LogP contribution in [0, 0.1) is 6.92 Å². The molecule has 5 nitrogen and oxygen atoms in total. The zero-order chi connectivity index (χ0) is 17.2. The summed E-state index contributed by atoms with van der Waals surface area (Å²) < 4.78 is 7.62. The average Bonchev–Trinajstić information content (AvgIpc) is 3.27. The van der Waals surface area contributed by atoms with Crippen LogP contribution in [0.4, 0.5) is 4.79 Å². The molecule has 0 spiro atoms. The fourth-order valence-electron chi connectivity index (χ4n) is 3.39. The number of hydrogen-bond acceptors (Lipinski definition) is 3. The molecule has 0 radical (unpaired) electrons. The lowest BCUT2D eigenvalue weighted by Gasteiger charge is -2.17. The predicted molar refractivity (Wildman–Crippen MR) is 96.3 cm³/mol. The van der Waals surface area contributed by atoms with E-state index in [1.807, 2.05) is 43.5 Å². The highest BCUT2D eigenvalue weighted by Crippen LogP contribution is 2.27. The summed E-state index contributed by atoms with van der Waals surface area (Å²) in [5.74, 6) is 0. The Bertz CT molecular complexity index is 888. The lowest BCUT2D eigenvalue weighted by molar-refractivity contribution is 0.103. The van der Waals surface area contributed by atoms with E-state index in [-0.39, 0.29) is 12.1 Å². The van der Waals surface area contributed by atoms with Crippen LogP contribution in [0.1, 0.15) is 23.6 Å². The molecule has 1 aliphatic heterocycles. The molecule has 3 heterocycles. The highest BCUT2D eigenvalue weighted by Gasteiger charge is 2.29. The number of ether oxygens (including phenoxy) is 1. The molecule has 1 aromatic carbocycles. The summed E-state index contributed by atoms with van der Waals surface area (Å²) in [5, 5.41) is 1.14. The van der Waals surface area contributed by atoms with Gasteiger partial charge in [-0.1, -0.05) is 30.3 Å². The van der Waals surface area contributed by atoms with Crippen LogP contribution >= 0.6 is 0 Å². The molecule has 128 valence electrons. The van der Waals surface area contributed by atoms with Gasteiger partial charge in [0.15, 0.2) is 0 Å². The number of hydrogen-bond donors (Lipinski definition) is 0. The van der Waals surface area contributed by atoms with Gasteiger partial charge in [0.1, 0.15) is 12.3 Å². The molecule has 0 bridgehead atoms. The van der Waals surface area contributed by atoms with Crippen molar-refractivity contribution in [3.05, 3.63) is 66.0 Å². The number of rotatable bonds is 3. The van der Waals surface area contributed by atoms with E-state index in [0.29, 0.717) is 19.7 Å². The number of fused-ring (bicyclic) bond motifs is 1. The van der Waals surface area contributed by atoms with Crippen LogP contribution in [0.2, 0.25) is 0 Å². The van der Waals surface area contributed by atoms with Crippen molar-refractivity contribution in [3.63, 3.8) is 0 Å². The smallest absolute Gasteiger partial charge is 0.410 e. The van der Waals surface area contributed by atoms with E-state index in [9.17, 15) is 4.79 Å². The largest absolute Gasteiger partial charge is 0.445 e. The summed E-state index contributed by atoms with van der Waals surface area (Å²) >= 11 is 0. The van der Waals surface area contributed by atoms with Gasteiger partial charge in [-0.05, 0) is 36.6 Å². The van der Waals surface area contributed by atoms with E-state index < -0.39 is 0 Å². The van der Waals surface area contributed by atoms with E-state index in [1.165, 1.54) is 0 Å². The van der Waals surface area contributed by atoms with Crippen LogP contribution in [0.3, 0.4) is 0 Å². The Labute approximate surface area is 146 Å². The third kappa shape index (κ3) is 3.22. The minimum absolute atomic E-state index is 0.244. The lowest BCUT2D eigenvalue weighted by atomic mass is 10.2. The van der Waals surface area contributed by atoms with Gasteiger partial charge in [0.05, 0.1) is 6.04 Å². The van der Waals surface area contributed by atoms with Gasteiger partial charge in [0.25, 0.3) is 0 Å². The molecule has 0 unspecified atom stereocenters. The van der Waals surface area contributed by atoms with Crippen molar-refractivity contribution in [1.82, 2.24) is 14.5 Å². The number of nitrogens with zero attached hydrogens (tertiary/aromatic N) is 3. The second kappa shape index (κ2) is 6.59. The summed E-state index contributed by atoms with van der Waals surface area (Å²) in [6, 6.07) is 14.2. The number of pyridine rings is 1. The molecule has 5 heteroatoms. The SMILES string of the molecule is Cc1cnc2c(ccn2[C@H]2CCN(C(=O)OCc3ccccc3)C2)c1. The number of carbonyl (C=O) groups excluding carboxylic acids is 1. The number of aryl methyl sites for hydroxylation is 1. The first kappa shape index (κ1) is 15.7. The Hall–Kier alpha value is -2.82. The summed E-state index contributed by atoms with van der Waals surface area (Å²) in [6.45, 7) is 3.73. The molecule has 4 rings (SSSR count). The molecule has 0 saturated carbocycles. The van der Waals surface area contributed by atoms with Crippen molar-refractivity contribution in [1.29, 1.82) is 0 Å². The first-order valence-corrected chi connectivity index (χ1v) is 8.59. The monoisotopic (exact) mass is 335 g/mol. The van der Waals surface area contributed by atoms with Crippen molar-refractivity contribution in [2.24, 2.45) is 0 Å². The average molecular weight is 335 g/mol. The Morgan fingerprint density at radius 3 is 2.96 bits per heavy atom. The summed E-state index contributed by atoms with van der Waals surface area (Å²) in [5.41, 5.74) is 3.14. The maximum absolute atomic E-state index is 12.3. The summed E-state index contributed by atoms with van der Waals surface area (Å²) in [4.78, 5) is 18.7. The van der Waals surface area contributed by atoms with Crippen LogP contribution in [0.15, 0.2) is 54.9 Å². The molecule has 2 aromatic heterocycles. The molecular weight excluding hydrogens is 314 g/mol. The van der Waals surface area contributed by atoms with Gasteiger partial charge in [-0.25, -0.2) is 9.78 Å². The van der Waals surface area contributed by atoms with Crippen molar-refractivity contribution >= 4 is 17.1 Å². The third-order valence-corrected chi connectivity index (χ3v) is 4.71. The molecule has 0 N–H and O–H groups in total. The Balaban J connectivity index is 1.41. The minimum atomic E-state index is -0.244. The van der Waals surface area contributed by atoms with E-state index >= 15 is 0 Å². The molecule has 1 aliphatic rings. The van der Waals surface area contributed by atoms with Gasteiger partial charge in [-0.2, -0.15) is 0 Å². The summed E-state index contributed by atoms with van der Waals surface area (Å²) in [6.07, 6.45) is 4.63. The number of likely N-dealkylation sites (tertiary alicyclic amines) is 1. The highest BCUT2D eigenvalue weighted by atomic mass is 16.6. The van der Waals surface area contributed by atoms with Crippen LogP contribution < -0.4 is 0 Å². The van der Waals surface area contributed by atoms with Gasteiger partial charge in [0.2, 0.25) is 0 Å². The first-order chi connectivity index (χ1) is 12.2. The lowest BCUT2D eigenvalue weighted by Crippen LogP contribution is -2.29. The van der Waals surface area contributed by atoms with Gasteiger partial charge in [0, 0.05) is 30.9 Å². The van der Waals surface area contributed by atoms with E-state index in [2.05, 4.69) is 27.9 Å². The number of carbonyl (C=O) groups is 1. The van der Waals surface area contributed by atoms with Crippen molar-refractivity contribution in [2.75, 3.05) is 13.1 Å². The number of amides is 1. The molecule has 0 aliphatic carbocycles. The van der Waals surface area contributed by atoms with Gasteiger partial charge < -0.3 is 14.2 Å². The Kier molecular flexibility index (Phi) is 4.14. The first-order valence-electron chi connectivity index (χ1n) is 8.59. The van der Waals surface area contributed by atoms with Crippen molar-refractivity contribution in [2.45, 2.75) is 26.0 Å². The topological polar surface area (TPSA) is 47.4 Å². The second-order valence-electron chi connectivity index (χ2n) is 6.58. The molecular formula is C20H21N3O2. The third-order valence-electron chi connectivity index (χ3n) is 4.71. The quantitative estimate of drug-likeness (QED) is 0.729. The van der Waals surface area contributed by atoms with Gasteiger partial charge in [-0.15, -0.1) is 0 Å². The summed E-state index contributed by atoms with van der Waals surface area (Å²) in [7, 11) is 0. The fraction of sp³-hybridized carbons (Fsp3) is 0.300. The molecule has 1 fully saturated rings. The fourth-order valence-corrected chi connectivity index (χ4v) is 3.39. The molecule has 25 heavy (non-hydrogen) atoms. The van der Waals surface area contributed by atoms with E-state index in [1.54, 1.807) is 4.90 Å². The van der Waals surface area contributed by atoms with Gasteiger partial charge in [-0.3, -0.25) is 0 Å². The maximum Gasteiger partial charge on any atom is 0.410 e. The number of aromatic nitrogens is 2. The van der Waals surface area contributed by atoms with Crippen LogP contribution in [-0.4, -0.2) is 33.6 Å². The standard InChI is InChI=1S/C20H21N3O2/c1-15-11-17-7-10-23(19(17)21-12-15)18-8-9-22(13-18)20(24)25-14-16-5-3-2-4-6-16/h2-7,10-12,18H,8-9,13-14H2,1H3/t18-/m0/s1. The van der Waals surface area contributed by atoms with Crippen LogP contribution in [0.5, 0.6) is 0 Å².